The normalized spacial score (nSPS) is 19.2. The summed E-state index contributed by atoms with van der Waals surface area (Å²) in [6, 6.07) is 8.45. The standard InChI is InChI=1S/C17H20N4O/c1-13-9-18-21(10-13)11-14-5-4-8-20(14)12-17-19-15-6-2-3-7-16(15)22-17/h2-3,6-7,9-10,14H,4-5,8,11-12H2,1H3/t14-/m1/s1. The van der Waals surface area contributed by atoms with E-state index in [4.69, 9.17) is 4.42 Å². The number of aromatic nitrogens is 3. The molecule has 1 aliphatic rings. The maximum Gasteiger partial charge on any atom is 0.209 e. The van der Waals surface area contributed by atoms with E-state index in [9.17, 15) is 0 Å². The third kappa shape index (κ3) is 2.64. The molecule has 3 aromatic rings. The van der Waals surface area contributed by atoms with Gasteiger partial charge in [0.05, 0.1) is 19.3 Å². The van der Waals surface area contributed by atoms with Crippen LogP contribution in [0.4, 0.5) is 0 Å². The van der Waals surface area contributed by atoms with E-state index in [1.165, 1.54) is 18.4 Å². The lowest BCUT2D eigenvalue weighted by Crippen LogP contribution is -2.32. The minimum Gasteiger partial charge on any atom is -0.439 e. The fourth-order valence-corrected chi connectivity index (χ4v) is 3.25. The minimum atomic E-state index is 0.509. The van der Waals surface area contributed by atoms with Crippen molar-refractivity contribution in [3.8, 4) is 0 Å². The van der Waals surface area contributed by atoms with Gasteiger partial charge < -0.3 is 4.42 Å². The van der Waals surface area contributed by atoms with Crippen molar-refractivity contribution in [2.24, 2.45) is 0 Å². The van der Waals surface area contributed by atoms with Crippen LogP contribution in [0.1, 0.15) is 24.3 Å². The Morgan fingerprint density at radius 1 is 1.32 bits per heavy atom. The molecule has 1 aliphatic heterocycles. The fourth-order valence-electron chi connectivity index (χ4n) is 3.25. The maximum absolute atomic E-state index is 5.86. The van der Waals surface area contributed by atoms with Gasteiger partial charge >= 0.3 is 0 Å². The number of hydrogen-bond acceptors (Lipinski definition) is 4. The molecule has 1 atom stereocenters. The lowest BCUT2D eigenvalue weighted by molar-refractivity contribution is 0.201. The van der Waals surface area contributed by atoms with Gasteiger partial charge in [0.25, 0.3) is 0 Å². The first-order valence-corrected chi connectivity index (χ1v) is 7.85. The van der Waals surface area contributed by atoms with E-state index in [2.05, 4.69) is 28.1 Å². The quantitative estimate of drug-likeness (QED) is 0.742. The molecule has 1 saturated heterocycles. The summed E-state index contributed by atoms with van der Waals surface area (Å²) in [7, 11) is 0. The average molecular weight is 296 g/mol. The Morgan fingerprint density at radius 3 is 3.05 bits per heavy atom. The van der Waals surface area contributed by atoms with Crippen LogP contribution in [-0.2, 0) is 13.1 Å². The van der Waals surface area contributed by atoms with Gasteiger partial charge in [-0.2, -0.15) is 5.10 Å². The third-order valence-corrected chi connectivity index (χ3v) is 4.34. The molecule has 0 bridgehead atoms. The zero-order valence-corrected chi connectivity index (χ0v) is 12.8. The van der Waals surface area contributed by atoms with Crippen molar-refractivity contribution in [3.05, 3.63) is 48.1 Å². The number of rotatable bonds is 4. The third-order valence-electron chi connectivity index (χ3n) is 4.34. The number of hydrogen-bond donors (Lipinski definition) is 0. The molecular weight excluding hydrogens is 276 g/mol. The molecule has 114 valence electrons. The van der Waals surface area contributed by atoms with Crippen LogP contribution in [0.3, 0.4) is 0 Å². The summed E-state index contributed by atoms with van der Waals surface area (Å²) in [6.07, 6.45) is 6.46. The molecule has 0 N–H and O–H groups in total. The van der Waals surface area contributed by atoms with Crippen LogP contribution < -0.4 is 0 Å². The number of fused-ring (bicyclic) bond motifs is 1. The number of likely N-dealkylation sites (tertiary alicyclic amines) is 1. The van der Waals surface area contributed by atoms with E-state index < -0.39 is 0 Å². The molecule has 5 heteroatoms. The first-order chi connectivity index (χ1) is 10.8. The second-order valence-electron chi connectivity index (χ2n) is 6.08. The van der Waals surface area contributed by atoms with Crippen molar-refractivity contribution in [1.29, 1.82) is 0 Å². The Balaban J connectivity index is 1.48. The van der Waals surface area contributed by atoms with Gasteiger partial charge in [-0.15, -0.1) is 0 Å². The molecule has 1 aromatic carbocycles. The Bertz CT molecular complexity index is 743. The van der Waals surface area contributed by atoms with Crippen LogP contribution in [0.15, 0.2) is 41.1 Å². The Kier molecular flexibility index (Phi) is 3.42. The maximum atomic E-state index is 5.86. The van der Waals surface area contributed by atoms with Crippen LogP contribution in [0, 0.1) is 6.92 Å². The summed E-state index contributed by atoms with van der Waals surface area (Å²) in [6.45, 7) is 4.89. The van der Waals surface area contributed by atoms with Gasteiger partial charge in [-0.1, -0.05) is 12.1 Å². The molecule has 0 amide bonds. The van der Waals surface area contributed by atoms with Gasteiger partial charge in [-0.05, 0) is 44.0 Å². The molecule has 22 heavy (non-hydrogen) atoms. The van der Waals surface area contributed by atoms with Crippen molar-refractivity contribution in [2.45, 2.75) is 38.9 Å². The molecule has 0 saturated carbocycles. The van der Waals surface area contributed by atoms with Gasteiger partial charge in [-0.3, -0.25) is 9.58 Å². The highest BCUT2D eigenvalue weighted by Gasteiger charge is 2.26. The van der Waals surface area contributed by atoms with E-state index in [-0.39, 0.29) is 0 Å². The molecule has 1 fully saturated rings. The van der Waals surface area contributed by atoms with E-state index in [0.29, 0.717) is 6.04 Å². The van der Waals surface area contributed by atoms with Crippen LogP contribution in [-0.4, -0.2) is 32.3 Å². The van der Waals surface area contributed by atoms with Gasteiger partial charge in [0, 0.05) is 12.2 Å². The summed E-state index contributed by atoms with van der Waals surface area (Å²) in [5.41, 5.74) is 3.02. The molecule has 0 unspecified atom stereocenters. The SMILES string of the molecule is Cc1cnn(C[C@H]2CCCN2Cc2nc3ccccc3o2)c1. The zero-order chi connectivity index (χ0) is 14.9. The van der Waals surface area contributed by atoms with Gasteiger partial charge in [0.15, 0.2) is 5.58 Å². The van der Waals surface area contributed by atoms with E-state index in [1.807, 2.05) is 35.1 Å². The van der Waals surface area contributed by atoms with E-state index in [1.54, 1.807) is 0 Å². The summed E-state index contributed by atoms with van der Waals surface area (Å²) >= 11 is 0. The Labute approximate surface area is 129 Å². The zero-order valence-electron chi connectivity index (χ0n) is 12.8. The minimum absolute atomic E-state index is 0.509. The van der Waals surface area contributed by atoms with Gasteiger partial charge in [-0.25, -0.2) is 4.98 Å². The Morgan fingerprint density at radius 2 is 2.23 bits per heavy atom. The molecule has 4 rings (SSSR count). The van der Waals surface area contributed by atoms with Gasteiger partial charge in [0.1, 0.15) is 5.52 Å². The van der Waals surface area contributed by atoms with Gasteiger partial charge in [0.2, 0.25) is 5.89 Å². The van der Waals surface area contributed by atoms with Crippen LogP contribution in [0.5, 0.6) is 0 Å². The monoisotopic (exact) mass is 296 g/mol. The Hall–Kier alpha value is -2.14. The largest absolute Gasteiger partial charge is 0.439 e. The molecule has 0 spiro atoms. The summed E-state index contributed by atoms with van der Waals surface area (Å²) in [5, 5.41) is 4.41. The fraction of sp³-hybridized carbons (Fsp3) is 0.412. The smallest absolute Gasteiger partial charge is 0.209 e. The lowest BCUT2D eigenvalue weighted by Gasteiger charge is -2.22. The summed E-state index contributed by atoms with van der Waals surface area (Å²) < 4.78 is 7.90. The number of nitrogens with zero attached hydrogens (tertiary/aromatic N) is 4. The van der Waals surface area contributed by atoms with Crippen LogP contribution >= 0.6 is 0 Å². The molecule has 5 nitrogen and oxygen atoms in total. The van der Waals surface area contributed by atoms with E-state index >= 15 is 0 Å². The molecule has 0 radical (unpaired) electrons. The van der Waals surface area contributed by atoms with Crippen molar-refractivity contribution in [1.82, 2.24) is 19.7 Å². The molecular formula is C17H20N4O. The highest BCUT2D eigenvalue weighted by atomic mass is 16.3. The lowest BCUT2D eigenvalue weighted by atomic mass is 10.2. The van der Waals surface area contributed by atoms with Crippen molar-refractivity contribution >= 4 is 11.1 Å². The second kappa shape index (κ2) is 5.57. The number of aryl methyl sites for hydroxylation is 1. The number of oxazole rings is 1. The van der Waals surface area contributed by atoms with Crippen LogP contribution in [0.2, 0.25) is 0 Å². The molecule has 3 heterocycles. The highest BCUT2D eigenvalue weighted by molar-refractivity contribution is 5.72. The first kappa shape index (κ1) is 13.5. The van der Waals surface area contributed by atoms with E-state index in [0.717, 1.165) is 36.6 Å². The second-order valence-corrected chi connectivity index (χ2v) is 6.08. The van der Waals surface area contributed by atoms with Crippen molar-refractivity contribution < 1.29 is 4.42 Å². The number of para-hydroxylation sites is 2. The number of benzene rings is 1. The van der Waals surface area contributed by atoms with Crippen molar-refractivity contribution in [2.75, 3.05) is 6.54 Å². The predicted molar refractivity (Wildman–Crippen MR) is 84.4 cm³/mol. The average Bonchev–Trinajstić information content (AvgIpc) is 3.20. The predicted octanol–water partition coefficient (Wildman–Crippen LogP) is 3.00. The summed E-state index contributed by atoms with van der Waals surface area (Å²) in [4.78, 5) is 7.05. The molecule has 0 aliphatic carbocycles. The summed E-state index contributed by atoms with van der Waals surface area (Å²) in [5.74, 6) is 0.810. The highest BCUT2D eigenvalue weighted by Crippen LogP contribution is 2.23. The van der Waals surface area contributed by atoms with Crippen molar-refractivity contribution in [3.63, 3.8) is 0 Å². The molecule has 2 aromatic heterocycles. The topological polar surface area (TPSA) is 47.1 Å². The first-order valence-electron chi connectivity index (χ1n) is 7.85. The van der Waals surface area contributed by atoms with Crippen LogP contribution in [0.25, 0.3) is 11.1 Å².